The Morgan fingerprint density at radius 3 is 2.66 bits per heavy atom. The van der Waals surface area contributed by atoms with Crippen LogP contribution in [0.15, 0.2) is 48.5 Å². The van der Waals surface area contributed by atoms with E-state index in [1.165, 1.54) is 49.0 Å². The van der Waals surface area contributed by atoms with Gasteiger partial charge < -0.3 is 15.3 Å². The van der Waals surface area contributed by atoms with E-state index >= 15 is 0 Å². The molecule has 32 heavy (non-hydrogen) atoms. The van der Waals surface area contributed by atoms with E-state index in [-0.39, 0.29) is 0 Å². The number of hydrogen-bond donors (Lipinski definition) is 2. The van der Waals surface area contributed by atoms with Gasteiger partial charge in [0.15, 0.2) is 5.82 Å². The first-order chi connectivity index (χ1) is 15.7. The number of rotatable bonds is 7. The van der Waals surface area contributed by atoms with Crippen LogP contribution in [0.4, 0.5) is 5.82 Å². The van der Waals surface area contributed by atoms with E-state index < -0.39 is 6.10 Å². The number of aliphatic hydroxyl groups is 1. The highest BCUT2D eigenvalue weighted by Gasteiger charge is 2.27. The average Bonchev–Trinajstić information content (AvgIpc) is 3.20. The molecule has 5 heteroatoms. The summed E-state index contributed by atoms with van der Waals surface area (Å²) in [4.78, 5) is 12.2. The third-order valence-electron chi connectivity index (χ3n) is 6.64. The molecular weight excluding hydrogens is 396 g/mol. The average molecular weight is 429 g/mol. The molecule has 5 rings (SSSR count). The number of nitrogens with one attached hydrogen (secondary N) is 1. The molecule has 1 aromatic heterocycles. The van der Waals surface area contributed by atoms with Crippen LogP contribution in [-0.2, 0) is 6.42 Å². The van der Waals surface area contributed by atoms with Gasteiger partial charge in [-0.1, -0.05) is 60.5 Å². The molecule has 2 aliphatic rings. The normalized spacial score (nSPS) is 16.4. The van der Waals surface area contributed by atoms with Crippen molar-refractivity contribution in [1.29, 1.82) is 0 Å². The first-order valence-corrected chi connectivity index (χ1v) is 11.9. The highest BCUT2D eigenvalue weighted by Crippen LogP contribution is 2.41. The first-order valence-electron chi connectivity index (χ1n) is 11.9. The van der Waals surface area contributed by atoms with Gasteiger partial charge in [-0.3, -0.25) is 0 Å². The number of aliphatic hydroxyl groups excluding tert-OH is 1. The van der Waals surface area contributed by atoms with Crippen molar-refractivity contribution < 1.29 is 5.11 Å². The lowest BCUT2D eigenvalue weighted by molar-refractivity contribution is 0.209. The van der Waals surface area contributed by atoms with Crippen molar-refractivity contribution in [1.82, 2.24) is 14.9 Å². The van der Waals surface area contributed by atoms with Gasteiger partial charge in [0.1, 0.15) is 11.9 Å². The number of hydrogen-bond acceptors (Lipinski definition) is 5. The molecule has 2 heterocycles. The van der Waals surface area contributed by atoms with Crippen molar-refractivity contribution in [2.24, 2.45) is 0 Å². The van der Waals surface area contributed by atoms with E-state index in [2.05, 4.69) is 35.3 Å². The van der Waals surface area contributed by atoms with E-state index in [1.807, 2.05) is 30.3 Å². The Bertz CT molecular complexity index is 1080. The second-order valence-corrected chi connectivity index (χ2v) is 9.09. The molecule has 0 amide bonds. The molecule has 1 unspecified atom stereocenters. The summed E-state index contributed by atoms with van der Waals surface area (Å²) in [6, 6.07) is 16.2. The quantitative estimate of drug-likeness (QED) is 0.417. The Morgan fingerprint density at radius 1 is 1.03 bits per heavy atom. The minimum atomic E-state index is -0.833. The minimum Gasteiger partial charge on any atom is -0.380 e. The predicted octanol–water partition coefficient (Wildman–Crippen LogP) is 4.73. The Labute approximate surface area is 190 Å². The molecule has 166 valence electrons. The molecule has 0 radical (unpaired) electrons. The zero-order valence-electron chi connectivity index (χ0n) is 18.8. The van der Waals surface area contributed by atoms with Crippen LogP contribution < -0.4 is 5.32 Å². The predicted molar refractivity (Wildman–Crippen MR) is 129 cm³/mol. The lowest BCUT2D eigenvalue weighted by Crippen LogP contribution is -2.31. The number of aromatic nitrogens is 2. The highest BCUT2D eigenvalue weighted by atomic mass is 16.3. The second kappa shape index (κ2) is 9.39. The highest BCUT2D eigenvalue weighted by molar-refractivity contribution is 5.84. The molecule has 0 saturated carbocycles. The zero-order chi connectivity index (χ0) is 21.9. The van der Waals surface area contributed by atoms with Crippen LogP contribution in [0.1, 0.15) is 60.0 Å². The summed E-state index contributed by atoms with van der Waals surface area (Å²) in [5, 5.41) is 14.6. The summed E-state index contributed by atoms with van der Waals surface area (Å²) in [5.74, 6) is 1.32. The third-order valence-corrected chi connectivity index (χ3v) is 6.64. The monoisotopic (exact) mass is 428 g/mol. The van der Waals surface area contributed by atoms with Crippen LogP contribution in [0.3, 0.4) is 0 Å². The van der Waals surface area contributed by atoms with Crippen LogP contribution in [0, 0.1) is 6.92 Å². The van der Waals surface area contributed by atoms with Crippen molar-refractivity contribution in [3.8, 4) is 11.1 Å². The van der Waals surface area contributed by atoms with Gasteiger partial charge in [-0.2, -0.15) is 0 Å². The lowest BCUT2D eigenvalue weighted by atomic mass is 10.0. The molecule has 2 N–H and O–H groups in total. The van der Waals surface area contributed by atoms with Crippen molar-refractivity contribution in [2.75, 3.05) is 31.5 Å². The summed E-state index contributed by atoms with van der Waals surface area (Å²) in [6.07, 6.45) is 5.05. The maximum atomic E-state index is 11.0. The van der Waals surface area contributed by atoms with Gasteiger partial charge in [-0.15, -0.1) is 0 Å². The van der Waals surface area contributed by atoms with Gasteiger partial charge >= 0.3 is 0 Å². The fourth-order valence-corrected chi connectivity index (χ4v) is 4.96. The van der Waals surface area contributed by atoms with Crippen molar-refractivity contribution in [3.05, 3.63) is 76.7 Å². The number of piperidine rings is 1. The molecule has 1 fully saturated rings. The van der Waals surface area contributed by atoms with Crippen molar-refractivity contribution >= 4 is 5.82 Å². The number of benzene rings is 2. The molecule has 3 aromatic rings. The summed E-state index contributed by atoms with van der Waals surface area (Å²) < 4.78 is 0. The maximum absolute atomic E-state index is 11.0. The fraction of sp³-hybridized carbons (Fsp3) is 0.407. The largest absolute Gasteiger partial charge is 0.380 e. The molecule has 2 aromatic carbocycles. The summed E-state index contributed by atoms with van der Waals surface area (Å²) in [7, 11) is 0. The van der Waals surface area contributed by atoms with Crippen molar-refractivity contribution in [2.45, 2.75) is 45.1 Å². The van der Waals surface area contributed by atoms with Crippen LogP contribution >= 0.6 is 0 Å². The lowest BCUT2D eigenvalue weighted by Gasteiger charge is -2.26. The summed E-state index contributed by atoms with van der Waals surface area (Å²) in [5.41, 5.74) is 6.67. The molecule has 1 aliphatic carbocycles. The standard InChI is InChI=1S/C27H32N4O/c1-19-11-12-22-21(17-19)18-23-24(22)26(28-13-8-16-31-14-6-3-7-15-31)30-27(29-23)25(32)20-9-4-2-5-10-20/h2,4-5,9-12,17,25,32H,3,6-8,13-16,18H2,1H3,(H,28,29,30). The van der Waals surface area contributed by atoms with Crippen LogP contribution in [0.5, 0.6) is 0 Å². The third kappa shape index (κ3) is 4.41. The number of fused-ring (bicyclic) bond motifs is 3. The van der Waals surface area contributed by atoms with E-state index in [1.54, 1.807) is 0 Å². The van der Waals surface area contributed by atoms with Gasteiger partial charge in [0.05, 0.1) is 5.69 Å². The van der Waals surface area contributed by atoms with Crippen LogP contribution in [-0.4, -0.2) is 46.2 Å². The van der Waals surface area contributed by atoms with Gasteiger partial charge in [0.25, 0.3) is 0 Å². The molecular formula is C27H32N4O. The number of nitrogens with zero attached hydrogens (tertiary/aromatic N) is 3. The molecule has 1 saturated heterocycles. The fourth-order valence-electron chi connectivity index (χ4n) is 4.96. The number of likely N-dealkylation sites (tertiary alicyclic amines) is 1. The smallest absolute Gasteiger partial charge is 0.164 e. The molecule has 5 nitrogen and oxygen atoms in total. The van der Waals surface area contributed by atoms with E-state index in [9.17, 15) is 5.11 Å². The molecule has 0 spiro atoms. The Kier molecular flexibility index (Phi) is 6.19. The van der Waals surface area contributed by atoms with Crippen LogP contribution in [0.25, 0.3) is 11.1 Å². The van der Waals surface area contributed by atoms with E-state index in [4.69, 9.17) is 9.97 Å². The minimum absolute atomic E-state index is 0.470. The second-order valence-electron chi connectivity index (χ2n) is 9.09. The van der Waals surface area contributed by atoms with Gasteiger partial charge in [0, 0.05) is 18.5 Å². The van der Waals surface area contributed by atoms with Crippen LogP contribution in [0.2, 0.25) is 0 Å². The topological polar surface area (TPSA) is 61.3 Å². The van der Waals surface area contributed by atoms with E-state index in [0.717, 1.165) is 48.6 Å². The van der Waals surface area contributed by atoms with Gasteiger partial charge in [-0.25, -0.2) is 9.97 Å². The Hall–Kier alpha value is -2.76. The molecule has 0 bridgehead atoms. The number of anilines is 1. The molecule has 1 atom stereocenters. The Morgan fingerprint density at radius 2 is 1.84 bits per heavy atom. The first kappa shape index (κ1) is 21.1. The number of aryl methyl sites for hydroxylation is 1. The van der Waals surface area contributed by atoms with Crippen molar-refractivity contribution in [3.63, 3.8) is 0 Å². The van der Waals surface area contributed by atoms with Gasteiger partial charge in [0.2, 0.25) is 0 Å². The Balaban J connectivity index is 1.40. The maximum Gasteiger partial charge on any atom is 0.164 e. The van der Waals surface area contributed by atoms with Gasteiger partial charge in [-0.05, 0) is 62.5 Å². The zero-order valence-corrected chi connectivity index (χ0v) is 18.8. The summed E-state index contributed by atoms with van der Waals surface area (Å²) in [6.45, 7) is 6.56. The summed E-state index contributed by atoms with van der Waals surface area (Å²) >= 11 is 0. The van der Waals surface area contributed by atoms with E-state index in [0.29, 0.717) is 5.82 Å². The molecule has 1 aliphatic heterocycles. The SMILES string of the molecule is Cc1ccc2c(c1)Cc1nc(C(O)c3ccccc3)nc(NCCCN3CCCCC3)c1-2.